The number of likely N-dealkylation sites (tertiary alicyclic amines) is 2. The minimum atomic E-state index is -0.695. The number of carbonyl (C=O) groups excluding carboxylic acids is 3. The largest absolute Gasteiger partial charge is 0.458 e. The van der Waals surface area contributed by atoms with Gasteiger partial charge in [0.25, 0.3) is 11.8 Å². The highest BCUT2D eigenvalue weighted by molar-refractivity contribution is 5.98. The van der Waals surface area contributed by atoms with Gasteiger partial charge in [-0.3, -0.25) is 9.59 Å². The normalized spacial score (nSPS) is 23.6. The SMILES string of the molecule is CN(C)C(=O)c1cc2cnc(Nc3ccc(C(=O)N4CC5CCC(N5)C4C(=O)OC(C)(C)C)cn3)nc2n1C1CCN(C2CC2)CC1. The van der Waals surface area contributed by atoms with Crippen LogP contribution in [0.2, 0.25) is 0 Å². The molecule has 1 aliphatic carbocycles. The van der Waals surface area contributed by atoms with Gasteiger partial charge in [-0.2, -0.15) is 4.98 Å². The number of aromatic nitrogens is 4. The number of piperidine rings is 1. The lowest BCUT2D eigenvalue weighted by molar-refractivity contribution is -0.162. The van der Waals surface area contributed by atoms with Crippen molar-refractivity contribution in [3.63, 3.8) is 0 Å². The lowest BCUT2D eigenvalue weighted by Gasteiger charge is -2.40. The fourth-order valence-corrected chi connectivity index (χ4v) is 7.33. The van der Waals surface area contributed by atoms with Crippen LogP contribution in [0, 0.1) is 0 Å². The van der Waals surface area contributed by atoms with E-state index in [1.165, 1.54) is 19.0 Å². The second-order valence-corrected chi connectivity index (χ2v) is 14.6. The van der Waals surface area contributed by atoms with Crippen LogP contribution in [0.3, 0.4) is 0 Å². The van der Waals surface area contributed by atoms with Crippen LogP contribution in [0.25, 0.3) is 11.0 Å². The molecule has 3 atom stereocenters. The summed E-state index contributed by atoms with van der Waals surface area (Å²) in [7, 11) is 3.53. The van der Waals surface area contributed by atoms with E-state index in [-0.39, 0.29) is 29.9 Å². The number of esters is 1. The third-order valence-corrected chi connectivity index (χ3v) is 9.70. The first kappa shape index (κ1) is 31.5. The van der Waals surface area contributed by atoms with Crippen molar-refractivity contribution in [1.29, 1.82) is 0 Å². The van der Waals surface area contributed by atoms with E-state index in [9.17, 15) is 14.4 Å². The first-order valence-corrected chi connectivity index (χ1v) is 16.8. The van der Waals surface area contributed by atoms with E-state index in [1.54, 1.807) is 42.2 Å². The lowest BCUT2D eigenvalue weighted by atomic mass is 10.0. The summed E-state index contributed by atoms with van der Waals surface area (Å²) in [5.41, 5.74) is 1.07. The Bertz CT molecular complexity index is 1670. The molecule has 0 aromatic carbocycles. The van der Waals surface area contributed by atoms with Gasteiger partial charge in [0.05, 0.1) is 5.56 Å². The molecule has 3 aliphatic heterocycles. The van der Waals surface area contributed by atoms with E-state index in [1.807, 2.05) is 26.8 Å². The Hall–Kier alpha value is -4.10. The van der Waals surface area contributed by atoms with Gasteiger partial charge in [-0.05, 0) is 77.5 Å². The summed E-state index contributed by atoms with van der Waals surface area (Å²) in [5, 5.41) is 7.47. The zero-order valence-corrected chi connectivity index (χ0v) is 27.9. The molecule has 13 heteroatoms. The van der Waals surface area contributed by atoms with Gasteiger partial charge in [-0.25, -0.2) is 14.8 Å². The van der Waals surface area contributed by atoms with E-state index in [2.05, 4.69) is 30.1 Å². The smallest absolute Gasteiger partial charge is 0.331 e. The summed E-state index contributed by atoms with van der Waals surface area (Å²) < 4.78 is 7.82. The summed E-state index contributed by atoms with van der Waals surface area (Å²) in [4.78, 5) is 59.9. The van der Waals surface area contributed by atoms with Crippen molar-refractivity contribution in [2.24, 2.45) is 0 Å². The van der Waals surface area contributed by atoms with Crippen molar-refractivity contribution in [3.8, 4) is 0 Å². The number of piperazine rings is 1. The monoisotopic (exact) mass is 643 g/mol. The Kier molecular flexibility index (Phi) is 8.15. The number of fused-ring (bicyclic) bond motifs is 3. The van der Waals surface area contributed by atoms with Crippen molar-refractivity contribution >= 4 is 40.6 Å². The van der Waals surface area contributed by atoms with Gasteiger partial charge in [0.2, 0.25) is 5.95 Å². The summed E-state index contributed by atoms with van der Waals surface area (Å²) >= 11 is 0. The summed E-state index contributed by atoms with van der Waals surface area (Å²) in [6.07, 6.45) is 9.48. The van der Waals surface area contributed by atoms with Crippen LogP contribution in [0.4, 0.5) is 11.8 Å². The van der Waals surface area contributed by atoms with Crippen LogP contribution in [-0.2, 0) is 9.53 Å². The van der Waals surface area contributed by atoms with Gasteiger partial charge >= 0.3 is 5.97 Å². The standard InChI is InChI=1S/C34H45N9O4/c1-34(2,3)47-32(46)28-25-10-7-22(37-25)19-42(28)30(44)20-6-11-27(35-17-20)38-33-36-18-21-16-26(31(45)40(4)5)43(29(21)39-33)24-12-14-41(15-13-24)23-8-9-23/h6,11,16-18,22-25,28,37H,7-10,12-15,19H2,1-5H3,(H,35,36,38,39). The number of pyridine rings is 1. The predicted molar refractivity (Wildman–Crippen MR) is 177 cm³/mol. The molecular weight excluding hydrogens is 598 g/mol. The molecule has 47 heavy (non-hydrogen) atoms. The second kappa shape index (κ2) is 12.2. The van der Waals surface area contributed by atoms with Gasteiger partial charge in [0.1, 0.15) is 28.8 Å². The third kappa shape index (κ3) is 6.42. The molecule has 3 unspecified atom stereocenters. The van der Waals surface area contributed by atoms with Crippen molar-refractivity contribution < 1.29 is 19.1 Å². The molecule has 7 rings (SSSR count). The van der Waals surface area contributed by atoms with Crippen LogP contribution < -0.4 is 10.6 Å². The molecule has 0 radical (unpaired) electrons. The molecule has 4 fully saturated rings. The lowest BCUT2D eigenvalue weighted by Crippen LogP contribution is -2.63. The summed E-state index contributed by atoms with van der Waals surface area (Å²) in [6, 6.07) is 5.53. The zero-order valence-electron chi connectivity index (χ0n) is 27.9. The first-order valence-electron chi connectivity index (χ1n) is 16.8. The molecule has 3 aromatic heterocycles. The quantitative estimate of drug-likeness (QED) is 0.369. The number of nitrogens with zero attached hydrogens (tertiary/aromatic N) is 7. The highest BCUT2D eigenvalue weighted by atomic mass is 16.6. The molecule has 2 bridgehead atoms. The molecule has 2 amide bonds. The van der Waals surface area contributed by atoms with Crippen LogP contribution in [0.15, 0.2) is 30.6 Å². The molecule has 250 valence electrons. The molecule has 6 heterocycles. The number of hydrogen-bond donors (Lipinski definition) is 2. The third-order valence-electron chi connectivity index (χ3n) is 9.70. The molecule has 3 aromatic rings. The zero-order chi connectivity index (χ0) is 33.0. The van der Waals surface area contributed by atoms with Crippen molar-refractivity contribution in [1.82, 2.24) is 39.5 Å². The Morgan fingerprint density at radius 2 is 1.74 bits per heavy atom. The average molecular weight is 644 g/mol. The summed E-state index contributed by atoms with van der Waals surface area (Å²) in [6.45, 7) is 7.97. The van der Waals surface area contributed by atoms with Gasteiger partial charge in [0, 0.05) is 75.7 Å². The maximum Gasteiger partial charge on any atom is 0.331 e. The fourth-order valence-electron chi connectivity index (χ4n) is 7.33. The van der Waals surface area contributed by atoms with Crippen LogP contribution in [0.5, 0.6) is 0 Å². The summed E-state index contributed by atoms with van der Waals surface area (Å²) in [5.74, 6) is 0.128. The Balaban J connectivity index is 1.10. The number of rotatable bonds is 7. The number of carbonyl (C=O) groups is 3. The molecule has 4 aliphatic rings. The van der Waals surface area contributed by atoms with E-state index in [4.69, 9.17) is 9.72 Å². The maximum absolute atomic E-state index is 13.7. The minimum absolute atomic E-state index is 0.0598. The molecule has 1 saturated carbocycles. The van der Waals surface area contributed by atoms with Crippen LogP contribution in [0.1, 0.15) is 86.2 Å². The molecule has 13 nitrogen and oxygen atoms in total. The van der Waals surface area contributed by atoms with Crippen LogP contribution >= 0.6 is 0 Å². The van der Waals surface area contributed by atoms with Gasteiger partial charge in [-0.1, -0.05) is 0 Å². The second-order valence-electron chi connectivity index (χ2n) is 14.6. The molecule has 2 N–H and O–H groups in total. The number of nitrogens with one attached hydrogen (secondary N) is 2. The highest BCUT2D eigenvalue weighted by Gasteiger charge is 2.47. The number of amides is 2. The highest BCUT2D eigenvalue weighted by Crippen LogP contribution is 2.35. The maximum atomic E-state index is 13.7. The molecule has 0 spiro atoms. The average Bonchev–Trinajstić information content (AvgIpc) is 3.73. The Morgan fingerprint density at radius 1 is 0.979 bits per heavy atom. The molecule has 3 saturated heterocycles. The Labute approximate surface area is 275 Å². The first-order chi connectivity index (χ1) is 22.4. The topological polar surface area (TPSA) is 138 Å². The fraction of sp³-hybridized carbons (Fsp3) is 0.588. The minimum Gasteiger partial charge on any atom is -0.458 e. The van der Waals surface area contributed by atoms with E-state index in [0.717, 1.165) is 50.2 Å². The van der Waals surface area contributed by atoms with Gasteiger partial charge < -0.3 is 34.6 Å². The predicted octanol–water partition coefficient (Wildman–Crippen LogP) is 3.36. The van der Waals surface area contributed by atoms with Crippen molar-refractivity contribution in [2.75, 3.05) is 39.0 Å². The van der Waals surface area contributed by atoms with Crippen LogP contribution in [-0.4, -0.2) is 116 Å². The van der Waals surface area contributed by atoms with E-state index < -0.39 is 17.6 Å². The number of hydrogen-bond acceptors (Lipinski definition) is 10. The Morgan fingerprint density at radius 3 is 2.40 bits per heavy atom. The molecular formula is C34H45N9O4. The number of anilines is 2. The van der Waals surface area contributed by atoms with Crippen molar-refractivity contribution in [3.05, 3.63) is 41.9 Å². The van der Waals surface area contributed by atoms with Crippen molar-refractivity contribution in [2.45, 2.75) is 95.1 Å². The van der Waals surface area contributed by atoms with E-state index >= 15 is 0 Å². The van der Waals surface area contributed by atoms with E-state index in [0.29, 0.717) is 35.2 Å². The number of ether oxygens (including phenoxy) is 1. The van der Waals surface area contributed by atoms with Gasteiger partial charge in [0.15, 0.2) is 0 Å². The van der Waals surface area contributed by atoms with Gasteiger partial charge in [-0.15, -0.1) is 0 Å².